The fourth-order valence-corrected chi connectivity index (χ4v) is 7.18. The molecular formula is C42H73N7O9. The van der Waals surface area contributed by atoms with Gasteiger partial charge < -0.3 is 41.5 Å². The Kier molecular flexibility index (Phi) is 19.6. The largest absolute Gasteiger partial charge is 0.458 e. The van der Waals surface area contributed by atoms with E-state index in [0.717, 1.165) is 6.42 Å². The molecule has 2 fully saturated rings. The summed E-state index contributed by atoms with van der Waals surface area (Å²) in [7, 11) is 0. The second-order valence-electron chi connectivity index (χ2n) is 18.3. The third-order valence-corrected chi connectivity index (χ3v) is 10.7. The molecule has 330 valence electrons. The van der Waals surface area contributed by atoms with E-state index >= 15 is 0 Å². The summed E-state index contributed by atoms with van der Waals surface area (Å²) in [5, 5.41) is 16.6. The maximum atomic E-state index is 14.4. The third-order valence-electron chi connectivity index (χ3n) is 10.7. The Morgan fingerprint density at radius 1 is 0.724 bits per heavy atom. The van der Waals surface area contributed by atoms with Crippen LogP contribution in [-0.2, 0) is 43.1 Å². The minimum atomic E-state index is -1.55. The predicted octanol–water partition coefficient (Wildman–Crippen LogP) is 2.33. The highest BCUT2D eigenvalue weighted by molar-refractivity contribution is 5.98. The number of carbonyl (C=O) groups is 8. The van der Waals surface area contributed by atoms with Crippen molar-refractivity contribution < 1.29 is 43.1 Å². The van der Waals surface area contributed by atoms with Crippen LogP contribution in [0.5, 0.6) is 0 Å². The van der Waals surface area contributed by atoms with Crippen LogP contribution in [0.3, 0.4) is 0 Å². The van der Waals surface area contributed by atoms with E-state index in [9.17, 15) is 38.4 Å². The SMILES string of the molecule is CC(C)CCCC(=O)NC(C(=O)NC1C(=O)NC(CC(C)C)C(=O)N2CCCC2C(=O)NC(C(C)C)C(=O)NC(C(C)C)C(=O)NC(C(C)C)C(=O)OC1C)C(C)C. The summed E-state index contributed by atoms with van der Waals surface area (Å²) in [4.78, 5) is 112. The van der Waals surface area contributed by atoms with Crippen molar-refractivity contribution in [2.24, 2.45) is 35.5 Å². The first-order valence-electron chi connectivity index (χ1n) is 21.3. The molecule has 2 aliphatic rings. The Morgan fingerprint density at radius 3 is 1.76 bits per heavy atom. The van der Waals surface area contributed by atoms with Gasteiger partial charge in [-0.15, -0.1) is 0 Å². The summed E-state index contributed by atoms with van der Waals surface area (Å²) in [6, 6.07) is -8.04. The molecule has 6 N–H and O–H groups in total. The molecule has 0 aromatic carbocycles. The Bertz CT molecular complexity index is 1460. The molecule has 2 aliphatic heterocycles. The van der Waals surface area contributed by atoms with E-state index in [1.165, 1.54) is 11.8 Å². The number of nitrogens with zero attached hydrogens (tertiary/aromatic N) is 1. The maximum absolute atomic E-state index is 14.4. The highest BCUT2D eigenvalue weighted by Gasteiger charge is 2.43. The first-order chi connectivity index (χ1) is 27.0. The number of rotatable bonds is 13. The number of amides is 7. The fraction of sp³-hybridized carbons (Fsp3) is 0.810. The molecule has 58 heavy (non-hydrogen) atoms. The van der Waals surface area contributed by atoms with Crippen molar-refractivity contribution in [3.63, 3.8) is 0 Å². The van der Waals surface area contributed by atoms with Crippen molar-refractivity contribution in [2.45, 2.75) is 177 Å². The lowest BCUT2D eigenvalue weighted by Crippen LogP contribution is -2.62. The van der Waals surface area contributed by atoms with Crippen LogP contribution in [0.25, 0.3) is 0 Å². The molecule has 0 aliphatic carbocycles. The van der Waals surface area contributed by atoms with Gasteiger partial charge in [0.25, 0.3) is 0 Å². The van der Waals surface area contributed by atoms with Crippen LogP contribution in [0, 0.1) is 35.5 Å². The zero-order valence-corrected chi connectivity index (χ0v) is 37.2. The van der Waals surface area contributed by atoms with Gasteiger partial charge in [-0.25, -0.2) is 4.79 Å². The molecule has 16 nitrogen and oxygen atoms in total. The topological polar surface area (TPSA) is 221 Å². The van der Waals surface area contributed by atoms with Crippen LogP contribution in [0.2, 0.25) is 0 Å². The van der Waals surface area contributed by atoms with Gasteiger partial charge in [-0.05, 0) is 68.1 Å². The second kappa shape index (κ2) is 22.8. The van der Waals surface area contributed by atoms with E-state index in [0.29, 0.717) is 25.2 Å². The summed E-state index contributed by atoms with van der Waals surface area (Å²) in [5.74, 6) is -6.46. The number of esters is 1. The molecule has 16 heteroatoms. The second-order valence-corrected chi connectivity index (χ2v) is 18.3. The maximum Gasteiger partial charge on any atom is 0.329 e. The van der Waals surface area contributed by atoms with Gasteiger partial charge in [0.05, 0.1) is 0 Å². The predicted molar refractivity (Wildman–Crippen MR) is 219 cm³/mol. The van der Waals surface area contributed by atoms with Crippen LogP contribution in [-0.4, -0.2) is 107 Å². The van der Waals surface area contributed by atoms with Crippen LogP contribution in [0.4, 0.5) is 0 Å². The number of nitrogens with one attached hydrogen (secondary N) is 6. The molecule has 0 spiro atoms. The first-order valence-corrected chi connectivity index (χ1v) is 21.3. The summed E-state index contributed by atoms with van der Waals surface area (Å²) in [6.45, 7) is 23.4. The fourth-order valence-electron chi connectivity index (χ4n) is 7.18. The monoisotopic (exact) mass is 820 g/mol. The summed E-state index contributed by atoms with van der Waals surface area (Å²) < 4.78 is 5.86. The molecule has 0 aromatic rings. The lowest BCUT2D eigenvalue weighted by molar-refractivity contribution is -0.157. The minimum Gasteiger partial charge on any atom is -0.458 e. The normalized spacial score (nSPS) is 26.4. The van der Waals surface area contributed by atoms with Crippen molar-refractivity contribution in [3.05, 3.63) is 0 Å². The molecule has 0 aromatic heterocycles. The molecule has 2 saturated heterocycles. The molecule has 8 unspecified atom stereocenters. The zero-order valence-electron chi connectivity index (χ0n) is 37.2. The quantitative estimate of drug-likeness (QED) is 0.150. The molecule has 8 atom stereocenters. The smallest absolute Gasteiger partial charge is 0.329 e. The summed E-state index contributed by atoms with van der Waals surface area (Å²) in [5.41, 5.74) is 0. The van der Waals surface area contributed by atoms with E-state index in [1.807, 2.05) is 13.8 Å². The number of carbonyl (C=O) groups excluding carboxylic acids is 8. The van der Waals surface area contributed by atoms with Gasteiger partial charge in [0.15, 0.2) is 0 Å². The van der Waals surface area contributed by atoms with E-state index < -0.39 is 113 Å². The van der Waals surface area contributed by atoms with E-state index in [-0.39, 0.29) is 31.2 Å². The standard InChI is InChI=1S/C42H73N7O9/c1-21(2)16-14-18-30(50)44-31(23(5)6)37(52)48-35-27(13)58-42(57)34(26(11)12)47-39(54)33(25(9)10)46-38(53)32(24(7)8)45-36(51)29-17-15-19-49(29)41(56)28(20-22(3)4)43-40(35)55/h21-29,31-35H,14-20H2,1-13H3,(H,43,55)(H,44,50)(H,45,51)(H,46,53)(H,47,54)(H,48,52). The minimum absolute atomic E-state index is 0.0939. The third kappa shape index (κ3) is 14.5. The molecule has 2 heterocycles. The van der Waals surface area contributed by atoms with Gasteiger partial charge >= 0.3 is 5.97 Å². The average molecular weight is 820 g/mol. The number of hydrogen-bond donors (Lipinski definition) is 6. The zero-order chi connectivity index (χ0) is 44.2. The Labute approximate surface area is 345 Å². The van der Waals surface area contributed by atoms with Crippen molar-refractivity contribution in [2.75, 3.05) is 6.54 Å². The Hall–Kier alpha value is -4.24. The van der Waals surface area contributed by atoms with E-state index in [4.69, 9.17) is 4.74 Å². The number of hydrogen-bond acceptors (Lipinski definition) is 9. The van der Waals surface area contributed by atoms with Gasteiger partial charge in [0, 0.05) is 13.0 Å². The average Bonchev–Trinajstić information content (AvgIpc) is 3.61. The number of cyclic esters (lactones) is 1. The van der Waals surface area contributed by atoms with Gasteiger partial charge in [0.1, 0.15) is 48.4 Å². The highest BCUT2D eigenvalue weighted by Crippen LogP contribution is 2.22. The highest BCUT2D eigenvalue weighted by atomic mass is 16.5. The molecule has 7 amide bonds. The van der Waals surface area contributed by atoms with Gasteiger partial charge in [-0.1, -0.05) is 89.5 Å². The molecule has 0 bridgehead atoms. The Morgan fingerprint density at radius 2 is 1.26 bits per heavy atom. The van der Waals surface area contributed by atoms with Gasteiger partial charge in [-0.2, -0.15) is 0 Å². The van der Waals surface area contributed by atoms with Crippen molar-refractivity contribution in [1.82, 2.24) is 36.8 Å². The lowest BCUT2D eigenvalue weighted by atomic mass is 9.98. The van der Waals surface area contributed by atoms with Crippen LogP contribution in [0.15, 0.2) is 0 Å². The number of fused-ring (bicyclic) bond motifs is 1. The lowest BCUT2D eigenvalue weighted by Gasteiger charge is -2.33. The van der Waals surface area contributed by atoms with Crippen LogP contribution in [0.1, 0.15) is 129 Å². The van der Waals surface area contributed by atoms with Crippen molar-refractivity contribution in [1.29, 1.82) is 0 Å². The summed E-state index contributed by atoms with van der Waals surface area (Å²) >= 11 is 0. The van der Waals surface area contributed by atoms with Crippen molar-refractivity contribution >= 4 is 47.3 Å². The Balaban J connectivity index is 2.67. The first kappa shape index (κ1) is 49.9. The molecular weight excluding hydrogens is 747 g/mol. The van der Waals surface area contributed by atoms with Gasteiger partial charge in [-0.3, -0.25) is 33.6 Å². The van der Waals surface area contributed by atoms with E-state index in [1.54, 1.807) is 55.4 Å². The van der Waals surface area contributed by atoms with E-state index in [2.05, 4.69) is 45.7 Å². The van der Waals surface area contributed by atoms with Crippen molar-refractivity contribution in [3.8, 4) is 0 Å². The van der Waals surface area contributed by atoms with Gasteiger partial charge in [0.2, 0.25) is 41.4 Å². The number of ether oxygens (including phenoxy) is 1. The van der Waals surface area contributed by atoms with Crippen LogP contribution >= 0.6 is 0 Å². The summed E-state index contributed by atoms with van der Waals surface area (Å²) in [6.07, 6.45) is 1.35. The van der Waals surface area contributed by atoms with Crippen LogP contribution < -0.4 is 31.9 Å². The molecule has 0 radical (unpaired) electrons. The molecule has 0 saturated carbocycles. The molecule has 2 rings (SSSR count).